The molecule has 170 valence electrons. The Morgan fingerprint density at radius 3 is 2.53 bits per heavy atom. The minimum absolute atomic E-state index is 0.0754. The van der Waals surface area contributed by atoms with Gasteiger partial charge in [0, 0.05) is 12.6 Å². The van der Waals surface area contributed by atoms with Crippen LogP contribution in [0.25, 0.3) is 0 Å². The predicted octanol–water partition coefficient (Wildman–Crippen LogP) is 1.02. The zero-order valence-electron chi connectivity index (χ0n) is 18.0. The van der Waals surface area contributed by atoms with E-state index in [0.29, 0.717) is 37.1 Å². The molecule has 0 unspecified atom stereocenters. The van der Waals surface area contributed by atoms with Crippen LogP contribution in [0.1, 0.15) is 53.6 Å². The van der Waals surface area contributed by atoms with Gasteiger partial charge >= 0.3 is 0 Å². The molecular formula is C22H26FN5O4. The highest BCUT2D eigenvalue weighted by molar-refractivity contribution is 5.94. The van der Waals surface area contributed by atoms with Crippen molar-refractivity contribution in [2.45, 2.75) is 43.8 Å². The van der Waals surface area contributed by atoms with Crippen LogP contribution in [0.2, 0.25) is 0 Å². The monoisotopic (exact) mass is 443 g/mol. The van der Waals surface area contributed by atoms with Crippen LogP contribution in [-0.4, -0.2) is 52.0 Å². The minimum Gasteiger partial charge on any atom is -0.501 e. The highest BCUT2D eigenvalue weighted by atomic mass is 19.1. The molecule has 2 bridgehead atoms. The molecule has 3 heterocycles. The molecule has 10 heteroatoms. The second-order valence-corrected chi connectivity index (χ2v) is 8.72. The predicted molar refractivity (Wildman–Crippen MR) is 114 cm³/mol. The van der Waals surface area contributed by atoms with Crippen LogP contribution in [0.3, 0.4) is 0 Å². The fourth-order valence-corrected chi connectivity index (χ4v) is 4.58. The van der Waals surface area contributed by atoms with Crippen LogP contribution in [0.15, 0.2) is 29.1 Å². The Bertz CT molecular complexity index is 1100. The highest BCUT2D eigenvalue weighted by Crippen LogP contribution is 2.46. The number of likely N-dealkylation sites (N-methyl/N-ethyl adjacent to an activating group) is 1. The molecule has 1 aromatic carbocycles. The van der Waals surface area contributed by atoms with E-state index in [1.54, 1.807) is 19.0 Å². The molecule has 0 spiro atoms. The number of benzene rings is 1. The highest BCUT2D eigenvalue weighted by Gasteiger charge is 2.48. The molecule has 3 aliphatic rings. The Balaban J connectivity index is 1.65. The number of nitrogens with one attached hydrogen (secondary N) is 2. The zero-order chi connectivity index (χ0) is 23.0. The molecule has 2 aliphatic heterocycles. The van der Waals surface area contributed by atoms with Crippen molar-refractivity contribution >= 4 is 11.8 Å². The van der Waals surface area contributed by atoms with Crippen molar-refractivity contribution in [2.75, 3.05) is 20.6 Å². The van der Waals surface area contributed by atoms with Gasteiger partial charge in [0.2, 0.25) is 11.7 Å². The number of fused-ring (bicyclic) bond motifs is 2. The Morgan fingerprint density at radius 1 is 1.25 bits per heavy atom. The molecule has 2 aromatic rings. The fraction of sp³-hybridized carbons (Fsp3) is 0.455. The summed E-state index contributed by atoms with van der Waals surface area (Å²) in [4.78, 5) is 44.4. The molecule has 9 nitrogen and oxygen atoms in total. The molecular weight excluding hydrogens is 417 g/mol. The number of carbonyl (C=O) groups excluding carboxylic acids is 2. The van der Waals surface area contributed by atoms with Crippen molar-refractivity contribution in [2.24, 2.45) is 0 Å². The van der Waals surface area contributed by atoms with Gasteiger partial charge in [-0.05, 0) is 57.5 Å². The van der Waals surface area contributed by atoms with Crippen LogP contribution in [-0.2, 0) is 16.9 Å². The van der Waals surface area contributed by atoms with Gasteiger partial charge in [0.15, 0.2) is 5.69 Å². The summed E-state index contributed by atoms with van der Waals surface area (Å²) in [6.07, 6.45) is 2.55. The Hall–Kier alpha value is -3.27. The maximum Gasteiger partial charge on any atom is 0.296 e. The number of hydrogen-bond donors (Lipinski definition) is 3. The van der Waals surface area contributed by atoms with Gasteiger partial charge in [0.1, 0.15) is 11.6 Å². The standard InChI is InChI=1S/C22H26FN5O4/c1-27(2)12-16(29)26-22-9-7-15(8-10-22)28-20(32)18(30)17(25-21(22)28)19(31)24-11-13-3-5-14(23)6-4-13/h3-6,15,30H,7-12H2,1-2H3,(H,24,31)(H,26,29). The maximum atomic E-state index is 13.1. The van der Waals surface area contributed by atoms with Gasteiger partial charge in [-0.1, -0.05) is 12.1 Å². The maximum absolute atomic E-state index is 13.1. The number of hydrogen-bond acceptors (Lipinski definition) is 6. The van der Waals surface area contributed by atoms with E-state index < -0.39 is 28.6 Å². The van der Waals surface area contributed by atoms with Gasteiger partial charge in [-0.25, -0.2) is 9.37 Å². The van der Waals surface area contributed by atoms with Crippen molar-refractivity contribution < 1.29 is 19.1 Å². The summed E-state index contributed by atoms with van der Waals surface area (Å²) in [5.41, 5.74) is -1.27. The molecule has 0 radical (unpaired) electrons. The molecule has 0 atom stereocenters. The van der Waals surface area contributed by atoms with E-state index in [-0.39, 0.29) is 30.7 Å². The lowest BCUT2D eigenvalue weighted by Gasteiger charge is -2.47. The van der Waals surface area contributed by atoms with Crippen molar-refractivity contribution in [3.63, 3.8) is 0 Å². The SMILES string of the molecule is CN(C)CC(=O)NC12CCC(CC1)n1c2nc(C(=O)NCc2ccc(F)cc2)c(O)c1=O. The molecule has 1 fully saturated rings. The molecule has 2 amide bonds. The van der Waals surface area contributed by atoms with Crippen LogP contribution < -0.4 is 16.2 Å². The van der Waals surface area contributed by atoms with Crippen LogP contribution >= 0.6 is 0 Å². The molecule has 3 N–H and O–H groups in total. The van der Waals surface area contributed by atoms with Crippen molar-refractivity contribution in [1.82, 2.24) is 25.1 Å². The van der Waals surface area contributed by atoms with Crippen LogP contribution in [0.5, 0.6) is 5.75 Å². The van der Waals surface area contributed by atoms with E-state index in [0.717, 1.165) is 0 Å². The van der Waals surface area contributed by atoms with Gasteiger partial charge in [-0.3, -0.25) is 19.0 Å². The molecule has 1 aromatic heterocycles. The number of amides is 2. The van der Waals surface area contributed by atoms with E-state index in [1.165, 1.54) is 28.8 Å². The first kappa shape index (κ1) is 21.9. The third-order valence-corrected chi connectivity index (χ3v) is 6.11. The van der Waals surface area contributed by atoms with Crippen LogP contribution in [0, 0.1) is 5.82 Å². The summed E-state index contributed by atoms with van der Waals surface area (Å²) in [6.45, 7) is 0.254. The summed E-state index contributed by atoms with van der Waals surface area (Å²) in [5, 5.41) is 16.1. The summed E-state index contributed by atoms with van der Waals surface area (Å²) in [5.74, 6) is -1.72. The molecule has 1 saturated carbocycles. The zero-order valence-corrected chi connectivity index (χ0v) is 18.0. The Kier molecular flexibility index (Phi) is 5.72. The lowest BCUT2D eigenvalue weighted by Crippen LogP contribution is -2.58. The van der Waals surface area contributed by atoms with Crippen molar-refractivity contribution in [3.05, 3.63) is 57.5 Å². The van der Waals surface area contributed by atoms with Crippen LogP contribution in [0.4, 0.5) is 4.39 Å². The average molecular weight is 443 g/mol. The van der Waals surface area contributed by atoms with Gasteiger partial charge in [-0.15, -0.1) is 0 Å². The van der Waals surface area contributed by atoms with Gasteiger partial charge < -0.3 is 20.6 Å². The first-order valence-electron chi connectivity index (χ1n) is 10.5. The second-order valence-electron chi connectivity index (χ2n) is 8.72. The lowest BCUT2D eigenvalue weighted by molar-refractivity contribution is -0.125. The number of halogens is 1. The van der Waals surface area contributed by atoms with E-state index in [4.69, 9.17) is 0 Å². The number of carbonyl (C=O) groups is 2. The number of aromatic nitrogens is 2. The number of rotatable bonds is 6. The Labute approximate surface area is 184 Å². The third kappa shape index (κ3) is 3.97. The second kappa shape index (κ2) is 8.34. The van der Waals surface area contributed by atoms with Gasteiger partial charge in [0.25, 0.3) is 11.5 Å². The molecule has 1 aliphatic carbocycles. The fourth-order valence-electron chi connectivity index (χ4n) is 4.58. The van der Waals surface area contributed by atoms with Gasteiger partial charge in [-0.2, -0.15) is 0 Å². The normalized spacial score (nSPS) is 21.3. The first-order chi connectivity index (χ1) is 15.2. The minimum atomic E-state index is -0.860. The van der Waals surface area contributed by atoms with E-state index in [1.807, 2.05) is 0 Å². The largest absolute Gasteiger partial charge is 0.501 e. The summed E-state index contributed by atoms with van der Waals surface area (Å²) in [7, 11) is 3.57. The molecule has 5 rings (SSSR count). The topological polar surface area (TPSA) is 117 Å². The summed E-state index contributed by atoms with van der Waals surface area (Å²) >= 11 is 0. The first-order valence-corrected chi connectivity index (χ1v) is 10.5. The average Bonchev–Trinajstić information content (AvgIpc) is 2.75. The smallest absolute Gasteiger partial charge is 0.296 e. The van der Waals surface area contributed by atoms with E-state index in [9.17, 15) is 23.9 Å². The third-order valence-electron chi connectivity index (χ3n) is 6.11. The number of aromatic hydroxyl groups is 1. The van der Waals surface area contributed by atoms with Crippen molar-refractivity contribution in [1.29, 1.82) is 0 Å². The van der Waals surface area contributed by atoms with Gasteiger partial charge in [0.05, 0.1) is 12.1 Å². The lowest BCUT2D eigenvalue weighted by atomic mass is 9.74. The van der Waals surface area contributed by atoms with E-state index in [2.05, 4.69) is 15.6 Å². The van der Waals surface area contributed by atoms with E-state index >= 15 is 0 Å². The summed E-state index contributed by atoms with van der Waals surface area (Å²) < 4.78 is 14.5. The molecule has 32 heavy (non-hydrogen) atoms. The quantitative estimate of drug-likeness (QED) is 0.614. The number of nitrogens with zero attached hydrogens (tertiary/aromatic N) is 3. The molecule has 0 saturated heterocycles. The van der Waals surface area contributed by atoms with Crippen molar-refractivity contribution in [3.8, 4) is 5.75 Å². The summed E-state index contributed by atoms with van der Waals surface area (Å²) in [6, 6.07) is 5.48. The Morgan fingerprint density at radius 2 is 1.91 bits per heavy atom.